The number of hydrogen-bond donors (Lipinski definition) is 7. The first-order chi connectivity index (χ1) is 32.4. The minimum atomic E-state index is -0.745. The van der Waals surface area contributed by atoms with Gasteiger partial charge in [0.25, 0.3) is 11.8 Å². The molecule has 2 aromatic heterocycles. The van der Waals surface area contributed by atoms with Crippen LogP contribution in [0, 0.1) is 37.0 Å². The van der Waals surface area contributed by atoms with Gasteiger partial charge in [-0.15, -0.1) is 0 Å². The monoisotopic (exact) mass is 982 g/mol. The molecule has 2 saturated heterocycles. The molecule has 2 aliphatic heterocycles. The van der Waals surface area contributed by atoms with Crippen molar-refractivity contribution in [2.75, 3.05) is 60.8 Å². The molecule has 0 saturated carbocycles. The fraction of sp³-hybridized carbons (Fsp3) is 0.667. The number of carbonyl (C=O) groups is 8. The smallest absolute Gasteiger partial charge is 0.273 e. The van der Waals surface area contributed by atoms with E-state index in [1.54, 1.807) is 74.2 Å². The molecular weight excluding hydrogens is 907 g/mol. The number of aromatic nitrogens is 2. The van der Waals surface area contributed by atoms with E-state index in [1.165, 1.54) is 6.92 Å². The van der Waals surface area contributed by atoms with E-state index in [-0.39, 0.29) is 84.5 Å². The van der Waals surface area contributed by atoms with Crippen molar-refractivity contribution >= 4 is 48.0 Å². The van der Waals surface area contributed by atoms with Crippen molar-refractivity contribution in [3.05, 3.63) is 35.0 Å². The normalized spacial score (nSPS) is 17.4. The highest BCUT2D eigenvalue weighted by Crippen LogP contribution is 2.30. The summed E-state index contributed by atoms with van der Waals surface area (Å²) in [5.41, 5.74) is -0.959. The maximum atomic E-state index is 12.1. The highest BCUT2D eigenvalue weighted by atomic mass is 16.6. The summed E-state index contributed by atoms with van der Waals surface area (Å²) in [6.45, 7) is 20.7. The van der Waals surface area contributed by atoms with E-state index in [0.717, 1.165) is 0 Å². The number of hydrogen-bond acceptors (Lipinski definition) is 18. The standard InChI is InChI=1S/2C12H20N2O4.C9H14N2O3.C8H12N2O3.C2H3N.C2H6O/c2*1-8(2)4-9(11(17)12(3)6-18-12)14-10(16)5-13-7-15;1-6(5-13-3)10-9(12)8-4-7(2)14-11-8;1-5(4-11)9-8(12)7-3-6(2)13-10-7;1-2-3;1-3-2/h2*7-9H,4-6H2,1-3H3,(H,13,15)(H,14,16);4,6H,5H2,1-3H3,(H,10,12);3,5,11H,4H2,1-2H3,(H,9,12);1H3;1-2H3/t2*9-,12+;6-;5-;;/m0011../s1. The molecule has 69 heavy (non-hydrogen) atoms. The Bertz CT molecular complexity index is 1840. The Labute approximate surface area is 404 Å². The Morgan fingerprint density at radius 3 is 1.30 bits per heavy atom. The quantitative estimate of drug-likeness (QED) is 0.0600. The van der Waals surface area contributed by atoms with E-state index in [4.69, 9.17) is 33.6 Å². The summed E-state index contributed by atoms with van der Waals surface area (Å²) in [4.78, 5) is 90.3. The lowest BCUT2D eigenvalue weighted by molar-refractivity contribution is -0.130. The number of methoxy groups -OCH3 is 2. The second-order valence-electron chi connectivity index (χ2n) is 16.9. The molecule has 0 bridgehead atoms. The van der Waals surface area contributed by atoms with Crippen LogP contribution >= 0.6 is 0 Å². The second-order valence-corrected chi connectivity index (χ2v) is 16.9. The minimum absolute atomic E-state index is 0.0375. The number of rotatable bonds is 23. The molecule has 6 amide bonds. The van der Waals surface area contributed by atoms with Gasteiger partial charge in [0.1, 0.15) is 22.7 Å². The molecule has 0 aliphatic carbocycles. The molecule has 2 aromatic rings. The first-order valence-electron chi connectivity index (χ1n) is 22.0. The van der Waals surface area contributed by atoms with E-state index in [0.29, 0.717) is 62.7 Å². The van der Waals surface area contributed by atoms with Crippen LogP contribution in [0.15, 0.2) is 21.2 Å². The predicted molar refractivity (Wildman–Crippen MR) is 249 cm³/mol. The first-order valence-corrected chi connectivity index (χ1v) is 22.0. The first kappa shape index (κ1) is 65.0. The van der Waals surface area contributed by atoms with Crippen molar-refractivity contribution in [1.29, 1.82) is 5.26 Å². The number of Topliss-reactive ketones (excluding diaryl/α,β-unsaturated/α-hetero) is 2. The van der Waals surface area contributed by atoms with Gasteiger partial charge in [-0.25, -0.2) is 0 Å². The number of aliphatic hydroxyl groups excluding tert-OH is 1. The van der Waals surface area contributed by atoms with Crippen LogP contribution in [0.5, 0.6) is 0 Å². The zero-order valence-electron chi connectivity index (χ0n) is 42.4. The van der Waals surface area contributed by atoms with Gasteiger partial charge in [-0.3, -0.25) is 38.4 Å². The van der Waals surface area contributed by atoms with Gasteiger partial charge < -0.3 is 65.0 Å². The molecule has 2 aliphatic rings. The molecule has 2 fully saturated rings. The van der Waals surface area contributed by atoms with Crippen molar-refractivity contribution in [3.8, 4) is 6.07 Å². The van der Waals surface area contributed by atoms with Crippen molar-refractivity contribution < 1.29 is 71.5 Å². The molecule has 4 rings (SSSR count). The highest BCUT2D eigenvalue weighted by Gasteiger charge is 2.51. The van der Waals surface area contributed by atoms with Crippen LogP contribution in [-0.2, 0) is 47.7 Å². The number of nitrogens with one attached hydrogen (secondary N) is 6. The number of amides is 6. The number of aliphatic hydroxyl groups is 1. The molecule has 24 nitrogen and oxygen atoms in total. The molecule has 0 aromatic carbocycles. The second kappa shape index (κ2) is 35.1. The molecule has 24 heteroatoms. The third-order valence-corrected chi connectivity index (χ3v) is 8.77. The summed E-state index contributed by atoms with van der Waals surface area (Å²) in [5.74, 6) is 0.240. The Balaban J connectivity index is 0. The largest absolute Gasteiger partial charge is 0.394 e. The molecule has 0 unspecified atom stereocenters. The minimum Gasteiger partial charge on any atom is -0.394 e. The zero-order chi connectivity index (χ0) is 53.3. The fourth-order valence-electron chi connectivity index (χ4n) is 5.28. The lowest BCUT2D eigenvalue weighted by Gasteiger charge is -2.21. The molecule has 0 radical (unpaired) electrons. The van der Waals surface area contributed by atoms with E-state index < -0.39 is 23.3 Å². The Kier molecular flexibility index (Phi) is 33.0. The molecular formula is C45H75N9O15. The van der Waals surface area contributed by atoms with Gasteiger partial charge in [-0.05, 0) is 66.2 Å². The Hall–Kier alpha value is -6.13. The number of aryl methyl sites for hydroxylation is 2. The maximum Gasteiger partial charge on any atom is 0.273 e. The summed E-state index contributed by atoms with van der Waals surface area (Å²) >= 11 is 0. The highest BCUT2D eigenvalue weighted by molar-refractivity contribution is 5.97. The topological polar surface area (TPSA) is 348 Å². The summed E-state index contributed by atoms with van der Waals surface area (Å²) < 4.78 is 28.9. The number of nitriles is 1. The lowest BCUT2D eigenvalue weighted by Crippen LogP contribution is -2.48. The van der Waals surface area contributed by atoms with Crippen LogP contribution < -0.4 is 31.9 Å². The van der Waals surface area contributed by atoms with Gasteiger partial charge in [0.2, 0.25) is 24.6 Å². The van der Waals surface area contributed by atoms with Crippen LogP contribution in [0.3, 0.4) is 0 Å². The summed E-state index contributed by atoms with van der Waals surface area (Å²) in [6, 6.07) is 3.46. The SMILES string of the molecule is CC#N.CC(C)C[C@H](NC(=O)CNC=O)C(=O)[C@@]1(C)CO1.CC(C)C[C@H](NC(=O)CNC=O)C(=O)[C@@]1(C)CO1.COC.COC[C@@H](C)NC(=O)c1cc(C)on1.Cc1cc(C(=O)N[C@H](C)CO)no1. The van der Waals surface area contributed by atoms with Crippen LogP contribution in [0.4, 0.5) is 0 Å². The van der Waals surface area contributed by atoms with E-state index in [9.17, 15) is 38.4 Å². The van der Waals surface area contributed by atoms with Gasteiger partial charge in [-0.1, -0.05) is 38.0 Å². The van der Waals surface area contributed by atoms with Crippen molar-refractivity contribution in [1.82, 2.24) is 42.2 Å². The van der Waals surface area contributed by atoms with Gasteiger partial charge in [0, 0.05) is 52.5 Å². The molecule has 0 spiro atoms. The number of carbonyl (C=O) groups excluding carboxylic acids is 8. The summed E-state index contributed by atoms with van der Waals surface area (Å²) in [7, 11) is 4.84. The zero-order valence-corrected chi connectivity index (χ0v) is 42.4. The third-order valence-electron chi connectivity index (χ3n) is 8.77. The summed E-state index contributed by atoms with van der Waals surface area (Å²) in [6.07, 6.45) is 2.02. The van der Waals surface area contributed by atoms with Crippen LogP contribution in [0.2, 0.25) is 0 Å². The molecule has 390 valence electrons. The fourth-order valence-corrected chi connectivity index (χ4v) is 5.28. The molecule has 4 heterocycles. The van der Waals surface area contributed by atoms with E-state index in [1.807, 2.05) is 34.6 Å². The van der Waals surface area contributed by atoms with Crippen molar-refractivity contribution in [3.63, 3.8) is 0 Å². The lowest BCUT2D eigenvalue weighted by atomic mass is 9.93. The third kappa shape index (κ3) is 29.4. The Morgan fingerprint density at radius 1 is 0.725 bits per heavy atom. The van der Waals surface area contributed by atoms with Gasteiger partial charge in [0.05, 0.1) is 57.7 Å². The molecule has 6 atom stereocenters. The van der Waals surface area contributed by atoms with E-state index in [2.05, 4.69) is 47.0 Å². The van der Waals surface area contributed by atoms with Crippen molar-refractivity contribution in [2.24, 2.45) is 11.8 Å². The number of ether oxygens (including phenoxy) is 4. The van der Waals surface area contributed by atoms with Gasteiger partial charge in [0.15, 0.2) is 23.0 Å². The average molecular weight is 982 g/mol. The van der Waals surface area contributed by atoms with Crippen LogP contribution in [0.1, 0.15) is 108 Å². The number of epoxide rings is 2. The van der Waals surface area contributed by atoms with Crippen LogP contribution in [0.25, 0.3) is 0 Å². The van der Waals surface area contributed by atoms with Gasteiger partial charge >= 0.3 is 0 Å². The van der Waals surface area contributed by atoms with E-state index >= 15 is 0 Å². The number of ketones is 2. The number of nitrogens with zero attached hydrogens (tertiary/aromatic N) is 3. The van der Waals surface area contributed by atoms with Crippen LogP contribution in [-0.4, -0.2) is 160 Å². The van der Waals surface area contributed by atoms with Crippen molar-refractivity contribution in [2.45, 2.75) is 124 Å². The van der Waals surface area contributed by atoms with Gasteiger partial charge in [-0.2, -0.15) is 5.26 Å². The predicted octanol–water partition coefficient (Wildman–Crippen LogP) is 0.876. The maximum absolute atomic E-state index is 12.1. The summed E-state index contributed by atoms with van der Waals surface area (Å²) in [5, 5.41) is 38.2. The average Bonchev–Trinajstić information content (AvgIpc) is 4.11. The Morgan fingerprint density at radius 2 is 1.06 bits per heavy atom. The molecule has 7 N–H and O–H groups in total.